The molecule has 1 aromatic heterocycles. The van der Waals surface area contributed by atoms with Gasteiger partial charge in [-0.15, -0.1) is 0 Å². The number of thiophene rings is 1. The highest BCUT2D eigenvalue weighted by Gasteiger charge is 2.34. The highest BCUT2D eigenvalue weighted by Crippen LogP contribution is 2.26. The maximum Gasteiger partial charge on any atom is 0.401 e. The standard InChI is InChI=1S/C14H19F3N2O2S/c1-21-13(20)12(11-3-8-22-9-11)19-5-2-4-18(6-7-19)10-14(15,16)17/h3,8-9,12H,2,4-7,10H2,1H3/t12-/m1/s1. The third-order valence-corrected chi connectivity index (χ3v) is 4.38. The molecule has 1 fully saturated rings. The lowest BCUT2D eigenvalue weighted by Gasteiger charge is -2.28. The molecule has 22 heavy (non-hydrogen) atoms. The monoisotopic (exact) mass is 336 g/mol. The molecule has 1 atom stereocenters. The summed E-state index contributed by atoms with van der Waals surface area (Å²) in [6.07, 6.45) is -3.60. The van der Waals surface area contributed by atoms with Gasteiger partial charge in [-0.3, -0.25) is 9.80 Å². The topological polar surface area (TPSA) is 32.8 Å². The zero-order valence-electron chi connectivity index (χ0n) is 12.3. The molecule has 0 N–H and O–H groups in total. The fourth-order valence-electron chi connectivity index (χ4n) is 2.70. The Morgan fingerprint density at radius 2 is 2.14 bits per heavy atom. The molecule has 1 saturated heterocycles. The summed E-state index contributed by atoms with van der Waals surface area (Å²) < 4.78 is 42.4. The number of alkyl halides is 3. The van der Waals surface area contributed by atoms with Gasteiger partial charge in [0.1, 0.15) is 6.04 Å². The number of esters is 1. The lowest BCUT2D eigenvalue weighted by Crippen LogP contribution is -2.39. The van der Waals surface area contributed by atoms with Gasteiger partial charge in [0.25, 0.3) is 0 Å². The molecule has 0 aliphatic carbocycles. The number of methoxy groups -OCH3 is 1. The van der Waals surface area contributed by atoms with Gasteiger partial charge in [0.05, 0.1) is 13.7 Å². The summed E-state index contributed by atoms with van der Waals surface area (Å²) in [5, 5.41) is 3.75. The number of carbonyl (C=O) groups is 1. The maximum atomic E-state index is 12.5. The fraction of sp³-hybridized carbons (Fsp3) is 0.643. The van der Waals surface area contributed by atoms with E-state index >= 15 is 0 Å². The Hall–Kier alpha value is -1.12. The van der Waals surface area contributed by atoms with Gasteiger partial charge in [0, 0.05) is 19.6 Å². The van der Waals surface area contributed by atoms with Crippen LogP contribution in [0.1, 0.15) is 18.0 Å². The molecule has 8 heteroatoms. The van der Waals surface area contributed by atoms with Crippen LogP contribution in [0, 0.1) is 0 Å². The van der Waals surface area contributed by atoms with Gasteiger partial charge >= 0.3 is 12.1 Å². The van der Waals surface area contributed by atoms with Crippen LogP contribution in [0.3, 0.4) is 0 Å². The van der Waals surface area contributed by atoms with Crippen molar-refractivity contribution >= 4 is 17.3 Å². The summed E-state index contributed by atoms with van der Waals surface area (Å²) in [6, 6.07) is 1.31. The summed E-state index contributed by atoms with van der Waals surface area (Å²) in [4.78, 5) is 15.4. The molecular weight excluding hydrogens is 317 g/mol. The van der Waals surface area contributed by atoms with E-state index in [9.17, 15) is 18.0 Å². The number of hydrogen-bond acceptors (Lipinski definition) is 5. The zero-order chi connectivity index (χ0) is 16.2. The number of halogens is 3. The summed E-state index contributed by atoms with van der Waals surface area (Å²) in [7, 11) is 1.33. The van der Waals surface area contributed by atoms with Crippen molar-refractivity contribution in [1.29, 1.82) is 0 Å². The molecule has 4 nitrogen and oxygen atoms in total. The second-order valence-electron chi connectivity index (χ2n) is 5.26. The van der Waals surface area contributed by atoms with Crippen molar-refractivity contribution in [1.82, 2.24) is 9.80 Å². The van der Waals surface area contributed by atoms with E-state index in [0.29, 0.717) is 26.1 Å². The Labute approximate surface area is 131 Å². The van der Waals surface area contributed by atoms with E-state index in [0.717, 1.165) is 5.56 Å². The Balaban J connectivity index is 2.05. The van der Waals surface area contributed by atoms with Crippen LogP contribution in [0.5, 0.6) is 0 Å². The second kappa shape index (κ2) is 7.43. The average Bonchev–Trinajstić information content (AvgIpc) is 2.87. The summed E-state index contributed by atoms with van der Waals surface area (Å²) in [5.41, 5.74) is 0.834. The molecule has 0 unspecified atom stereocenters. The van der Waals surface area contributed by atoms with E-state index in [4.69, 9.17) is 4.74 Å². The van der Waals surface area contributed by atoms with Crippen molar-refractivity contribution in [2.75, 3.05) is 39.8 Å². The predicted octanol–water partition coefficient (Wildman–Crippen LogP) is 2.53. The van der Waals surface area contributed by atoms with Crippen molar-refractivity contribution in [3.63, 3.8) is 0 Å². The number of ether oxygens (including phenoxy) is 1. The van der Waals surface area contributed by atoms with Gasteiger partial charge in [-0.1, -0.05) is 0 Å². The Morgan fingerprint density at radius 3 is 2.73 bits per heavy atom. The van der Waals surface area contributed by atoms with Crippen LogP contribution >= 0.6 is 11.3 Å². The van der Waals surface area contributed by atoms with Crippen molar-refractivity contribution < 1.29 is 22.7 Å². The first-order chi connectivity index (χ1) is 10.4. The molecule has 2 rings (SSSR count). The van der Waals surface area contributed by atoms with Crippen LogP contribution in [-0.2, 0) is 9.53 Å². The van der Waals surface area contributed by atoms with Crippen molar-refractivity contribution in [2.45, 2.75) is 18.6 Å². The zero-order valence-corrected chi connectivity index (χ0v) is 13.1. The van der Waals surface area contributed by atoms with Crippen molar-refractivity contribution in [3.05, 3.63) is 22.4 Å². The van der Waals surface area contributed by atoms with Gasteiger partial charge in [-0.2, -0.15) is 24.5 Å². The van der Waals surface area contributed by atoms with Crippen LogP contribution in [-0.4, -0.2) is 61.8 Å². The van der Waals surface area contributed by atoms with Gasteiger partial charge in [0.2, 0.25) is 0 Å². The van der Waals surface area contributed by atoms with E-state index < -0.39 is 18.8 Å². The smallest absolute Gasteiger partial charge is 0.401 e. The molecule has 1 aliphatic heterocycles. The Kier molecular flexibility index (Phi) is 5.82. The highest BCUT2D eigenvalue weighted by molar-refractivity contribution is 7.08. The molecule has 0 saturated carbocycles. The first kappa shape index (κ1) is 17.2. The lowest BCUT2D eigenvalue weighted by atomic mass is 10.1. The second-order valence-corrected chi connectivity index (χ2v) is 6.04. The number of nitrogens with zero attached hydrogens (tertiary/aromatic N) is 2. The maximum absolute atomic E-state index is 12.5. The molecule has 1 aromatic rings. The highest BCUT2D eigenvalue weighted by atomic mass is 32.1. The lowest BCUT2D eigenvalue weighted by molar-refractivity contribution is -0.149. The molecule has 0 spiro atoms. The third kappa shape index (κ3) is 4.69. The van der Waals surface area contributed by atoms with E-state index in [1.54, 1.807) is 0 Å². The van der Waals surface area contributed by atoms with Gasteiger partial charge in [-0.05, 0) is 35.4 Å². The van der Waals surface area contributed by atoms with Gasteiger partial charge in [-0.25, -0.2) is 4.79 Å². The molecule has 0 aromatic carbocycles. The van der Waals surface area contributed by atoms with Gasteiger partial charge in [0.15, 0.2) is 0 Å². The van der Waals surface area contributed by atoms with Crippen LogP contribution < -0.4 is 0 Å². The average molecular weight is 336 g/mol. The SMILES string of the molecule is COC(=O)[C@@H](c1ccsc1)N1CCCN(CC(F)(F)F)CC1. The predicted molar refractivity (Wildman–Crippen MR) is 77.8 cm³/mol. The van der Waals surface area contributed by atoms with Gasteiger partial charge < -0.3 is 4.74 Å². The molecule has 0 bridgehead atoms. The number of hydrogen-bond donors (Lipinski definition) is 0. The summed E-state index contributed by atoms with van der Waals surface area (Å²) in [6.45, 7) is 0.753. The summed E-state index contributed by atoms with van der Waals surface area (Å²) >= 11 is 1.48. The van der Waals surface area contributed by atoms with Crippen LogP contribution in [0.4, 0.5) is 13.2 Å². The fourth-order valence-corrected chi connectivity index (χ4v) is 3.38. The molecular formula is C14H19F3N2O2S. The first-order valence-electron chi connectivity index (χ1n) is 7.04. The number of carbonyl (C=O) groups excluding carboxylic acids is 1. The minimum absolute atomic E-state index is 0.289. The van der Waals surface area contributed by atoms with E-state index in [1.165, 1.54) is 23.3 Å². The Bertz CT molecular complexity index is 479. The quantitative estimate of drug-likeness (QED) is 0.791. The van der Waals surface area contributed by atoms with E-state index in [2.05, 4.69) is 0 Å². The molecule has 1 aliphatic rings. The van der Waals surface area contributed by atoms with Crippen LogP contribution in [0.15, 0.2) is 16.8 Å². The molecule has 0 amide bonds. The normalized spacial score (nSPS) is 19.6. The summed E-state index contributed by atoms with van der Waals surface area (Å²) in [5.74, 6) is -0.373. The Morgan fingerprint density at radius 1 is 1.36 bits per heavy atom. The minimum Gasteiger partial charge on any atom is -0.468 e. The van der Waals surface area contributed by atoms with E-state index in [-0.39, 0.29) is 12.5 Å². The molecule has 0 radical (unpaired) electrons. The number of rotatable bonds is 4. The molecule has 2 heterocycles. The minimum atomic E-state index is -4.19. The third-order valence-electron chi connectivity index (χ3n) is 3.67. The van der Waals surface area contributed by atoms with E-state index in [1.807, 2.05) is 21.7 Å². The first-order valence-corrected chi connectivity index (χ1v) is 7.98. The van der Waals surface area contributed by atoms with Crippen LogP contribution in [0.2, 0.25) is 0 Å². The van der Waals surface area contributed by atoms with Crippen LogP contribution in [0.25, 0.3) is 0 Å². The van der Waals surface area contributed by atoms with Crippen molar-refractivity contribution in [3.8, 4) is 0 Å². The largest absolute Gasteiger partial charge is 0.468 e. The van der Waals surface area contributed by atoms with Crippen molar-refractivity contribution in [2.24, 2.45) is 0 Å². The molecule has 124 valence electrons.